The van der Waals surface area contributed by atoms with Crippen LogP contribution in [0.15, 0.2) is 0 Å². The Morgan fingerprint density at radius 3 is 0.111 bits per heavy atom. The SMILES string of the molecule is [Si].[Si].[Si].[Si].[Si].[Si].[Si].[Si].[Si]. The smallest absolute Gasteiger partial charge is 0 e. The van der Waals surface area contributed by atoms with E-state index in [1.54, 1.807) is 0 Å². The molecule has 0 aromatic heterocycles. The van der Waals surface area contributed by atoms with E-state index in [1.165, 1.54) is 0 Å². The molecule has 0 aromatic carbocycles. The van der Waals surface area contributed by atoms with Gasteiger partial charge < -0.3 is 0 Å². The van der Waals surface area contributed by atoms with Crippen molar-refractivity contribution in [3.63, 3.8) is 0 Å². The van der Waals surface area contributed by atoms with Gasteiger partial charge in [-0.3, -0.25) is 0 Å². The minimum absolute atomic E-state index is 0. The highest BCUT2D eigenvalue weighted by atomic mass is 28.1. The Labute approximate surface area is 98.3 Å². The molecule has 0 aliphatic carbocycles. The monoisotopic (exact) mass is 252 g/mol. The number of rotatable bonds is 0. The molecule has 0 amide bonds. The van der Waals surface area contributed by atoms with Gasteiger partial charge in [-0.2, -0.15) is 0 Å². The van der Waals surface area contributed by atoms with E-state index in [2.05, 4.69) is 0 Å². The fourth-order valence-electron chi connectivity index (χ4n) is 0. The normalized spacial score (nSPS) is 0. The van der Waals surface area contributed by atoms with Crippen LogP contribution in [-0.4, -0.2) is 98.7 Å². The van der Waals surface area contributed by atoms with Crippen LogP contribution < -0.4 is 0 Å². The fraction of sp³-hybridized carbons (Fsp3) is 0. The molecule has 36 radical (unpaired) electrons. The van der Waals surface area contributed by atoms with Crippen LogP contribution in [0.1, 0.15) is 0 Å². The summed E-state index contributed by atoms with van der Waals surface area (Å²) in [6, 6.07) is 0. The van der Waals surface area contributed by atoms with Gasteiger partial charge in [0.15, 0.2) is 0 Å². The summed E-state index contributed by atoms with van der Waals surface area (Å²) in [5.41, 5.74) is 0. The molecule has 0 fully saturated rings. The molecule has 0 bridgehead atoms. The Balaban J connectivity index is 0. The summed E-state index contributed by atoms with van der Waals surface area (Å²) in [5, 5.41) is 0. The lowest BCUT2D eigenvalue weighted by atomic mass is 28.1. The van der Waals surface area contributed by atoms with Crippen molar-refractivity contribution in [1.82, 2.24) is 0 Å². The molecule has 0 aliphatic rings. The van der Waals surface area contributed by atoms with Crippen molar-refractivity contribution >= 4 is 98.7 Å². The van der Waals surface area contributed by atoms with Gasteiger partial charge in [0.25, 0.3) is 0 Å². The molecule has 0 saturated carbocycles. The van der Waals surface area contributed by atoms with Crippen LogP contribution >= 0.6 is 0 Å². The minimum Gasteiger partial charge on any atom is 0 e. The molecule has 0 aromatic rings. The first-order chi connectivity index (χ1) is 0. The Morgan fingerprint density at radius 2 is 0.111 bits per heavy atom. The summed E-state index contributed by atoms with van der Waals surface area (Å²) in [6.45, 7) is 0. The van der Waals surface area contributed by atoms with Crippen molar-refractivity contribution in [3.8, 4) is 0 Å². The largest absolute Gasteiger partial charge is 0 e. The van der Waals surface area contributed by atoms with E-state index >= 15 is 0 Å². The van der Waals surface area contributed by atoms with Gasteiger partial charge in [0.2, 0.25) is 0 Å². The van der Waals surface area contributed by atoms with E-state index in [0.29, 0.717) is 0 Å². The standard InChI is InChI=1S/9Si. The summed E-state index contributed by atoms with van der Waals surface area (Å²) in [5.74, 6) is 0. The van der Waals surface area contributed by atoms with Crippen molar-refractivity contribution in [2.75, 3.05) is 0 Å². The minimum atomic E-state index is 0. The molecule has 0 saturated heterocycles. The third kappa shape index (κ3) is 165. The lowest BCUT2D eigenvalue weighted by Gasteiger charge is -0.00100. The van der Waals surface area contributed by atoms with Gasteiger partial charge in [0.05, 0.1) is 0 Å². The third-order valence-electron chi connectivity index (χ3n) is 0. The van der Waals surface area contributed by atoms with Crippen LogP contribution in [-0.2, 0) is 0 Å². The van der Waals surface area contributed by atoms with Crippen molar-refractivity contribution in [2.45, 2.75) is 0 Å². The lowest BCUT2D eigenvalue weighted by Crippen LogP contribution is -0.382. The van der Waals surface area contributed by atoms with Crippen LogP contribution in [0.2, 0.25) is 0 Å². The summed E-state index contributed by atoms with van der Waals surface area (Å²) in [6.07, 6.45) is 0. The maximum absolute atomic E-state index is 0. The first kappa shape index (κ1) is 285. The van der Waals surface area contributed by atoms with E-state index < -0.39 is 0 Å². The predicted molar refractivity (Wildman–Crippen MR) is 51.8 cm³/mol. The van der Waals surface area contributed by atoms with E-state index in [0.717, 1.165) is 0 Å². The second-order valence-corrected chi connectivity index (χ2v) is 0. The highest BCUT2D eigenvalue weighted by Crippen LogP contribution is -0.373. The molecule has 0 spiro atoms. The Hall–Kier alpha value is 1.95. The molecule has 0 unspecified atom stereocenters. The van der Waals surface area contributed by atoms with Gasteiger partial charge in [-0.1, -0.05) is 0 Å². The molecular formula is Si9. The second-order valence-electron chi connectivity index (χ2n) is 0. The average molecular weight is 253 g/mol. The lowest BCUT2D eigenvalue weighted by molar-refractivity contribution is 5.75. The van der Waals surface area contributed by atoms with Crippen molar-refractivity contribution in [1.29, 1.82) is 0 Å². The average Bonchev–Trinajstić information content (AvgIpc) is 0. The zero-order chi connectivity index (χ0) is 0. The maximum atomic E-state index is 0. The van der Waals surface area contributed by atoms with Crippen molar-refractivity contribution < 1.29 is 0 Å². The third-order valence-corrected chi connectivity index (χ3v) is 0. The first-order valence-electron chi connectivity index (χ1n) is 0. The predicted octanol–water partition coefficient (Wildman–Crippen LogP) is -3.43. The molecule has 36 valence electrons. The Bertz CT molecular complexity index is 0. The molecule has 0 N–H and O–H groups in total. The summed E-state index contributed by atoms with van der Waals surface area (Å²) in [4.78, 5) is 0. The zero-order valence-electron chi connectivity index (χ0n) is 4.50. The first-order valence-corrected chi connectivity index (χ1v) is 0. The second kappa shape index (κ2) is 209. The van der Waals surface area contributed by atoms with E-state index in [-0.39, 0.29) is 98.7 Å². The van der Waals surface area contributed by atoms with Gasteiger partial charge in [0.1, 0.15) is 0 Å². The summed E-state index contributed by atoms with van der Waals surface area (Å²) >= 11 is 0. The summed E-state index contributed by atoms with van der Waals surface area (Å²) in [7, 11) is 0. The molecular weight excluding hydrogens is 253 g/mol. The Kier molecular flexibility index (Phi) is 6620. The zero-order valence-corrected chi connectivity index (χ0v) is 13.5. The van der Waals surface area contributed by atoms with Crippen LogP contribution in [0.5, 0.6) is 0 Å². The van der Waals surface area contributed by atoms with Crippen molar-refractivity contribution in [3.05, 3.63) is 0 Å². The van der Waals surface area contributed by atoms with Crippen LogP contribution in [0.3, 0.4) is 0 Å². The number of hydrogen-bond donors (Lipinski definition) is 0. The molecule has 0 nitrogen and oxygen atoms in total. The fourth-order valence-corrected chi connectivity index (χ4v) is 0. The molecule has 0 heterocycles. The van der Waals surface area contributed by atoms with E-state index in [1.807, 2.05) is 0 Å². The number of hydrogen-bond acceptors (Lipinski definition) is 0. The van der Waals surface area contributed by atoms with Gasteiger partial charge in [-0.15, -0.1) is 0 Å². The molecule has 0 aliphatic heterocycles. The van der Waals surface area contributed by atoms with Gasteiger partial charge in [0, 0.05) is 98.7 Å². The van der Waals surface area contributed by atoms with Gasteiger partial charge in [-0.25, -0.2) is 0 Å². The highest BCUT2D eigenvalue weighted by molar-refractivity contribution is 5.76. The molecule has 9 heavy (non-hydrogen) atoms. The molecule has 9 heteroatoms. The molecule has 0 atom stereocenters. The van der Waals surface area contributed by atoms with Gasteiger partial charge in [-0.05, 0) is 0 Å². The maximum Gasteiger partial charge on any atom is 0 e. The van der Waals surface area contributed by atoms with E-state index in [4.69, 9.17) is 0 Å². The van der Waals surface area contributed by atoms with Gasteiger partial charge >= 0.3 is 0 Å². The van der Waals surface area contributed by atoms with Crippen LogP contribution in [0.25, 0.3) is 0 Å². The summed E-state index contributed by atoms with van der Waals surface area (Å²) < 4.78 is 0. The van der Waals surface area contributed by atoms with Crippen LogP contribution in [0.4, 0.5) is 0 Å². The van der Waals surface area contributed by atoms with Crippen LogP contribution in [0, 0.1) is 0 Å². The Morgan fingerprint density at radius 1 is 0.111 bits per heavy atom. The quantitative estimate of drug-likeness (QED) is 0.394. The van der Waals surface area contributed by atoms with E-state index in [9.17, 15) is 0 Å². The topological polar surface area (TPSA) is 0 Å². The highest BCUT2D eigenvalue weighted by Gasteiger charge is 0.00800. The van der Waals surface area contributed by atoms with Crippen molar-refractivity contribution in [2.24, 2.45) is 0 Å². The molecule has 0 rings (SSSR count).